The summed E-state index contributed by atoms with van der Waals surface area (Å²) >= 11 is 0. The van der Waals surface area contributed by atoms with E-state index in [9.17, 15) is 0 Å². The van der Waals surface area contributed by atoms with Crippen LogP contribution in [0.3, 0.4) is 0 Å². The maximum atomic E-state index is 2.64. The minimum Gasteiger partial charge on any atom is -0.295 e. The fourth-order valence-electron chi connectivity index (χ4n) is 18.4. The van der Waals surface area contributed by atoms with Crippen LogP contribution < -0.4 is 16.4 Å². The number of aromatic nitrogens is 4. The Morgan fingerprint density at radius 1 is 0.348 bits per heavy atom. The van der Waals surface area contributed by atoms with Gasteiger partial charge in [0.2, 0.25) is 0 Å². The van der Waals surface area contributed by atoms with E-state index in [1.807, 2.05) is 0 Å². The lowest BCUT2D eigenvalue weighted by Gasteiger charge is -2.33. The Hall–Kier alpha value is -9.06. The number of hydrogen-bond donors (Lipinski definition) is 0. The number of fused-ring (bicyclic) bond motifs is 22. The third-order valence-electron chi connectivity index (χ3n) is 22.7. The Balaban J connectivity index is 0.824. The van der Waals surface area contributed by atoms with Crippen LogP contribution in [0.4, 0.5) is 0 Å². The molecule has 14 aromatic rings. The highest BCUT2D eigenvalue weighted by molar-refractivity contribution is 7.02. The summed E-state index contributed by atoms with van der Waals surface area (Å²) < 4.78 is 10.4. The molecule has 0 fully saturated rings. The van der Waals surface area contributed by atoms with E-state index in [4.69, 9.17) is 0 Å². The van der Waals surface area contributed by atoms with Crippen LogP contribution in [0.25, 0.3) is 122 Å². The van der Waals surface area contributed by atoms with Crippen LogP contribution in [0, 0.1) is 11.8 Å². The molecular weight excluding hydrogens is 1080 g/mol. The van der Waals surface area contributed by atoms with Crippen molar-refractivity contribution in [1.29, 1.82) is 0 Å². The first-order valence-electron chi connectivity index (χ1n) is 33.6. The average Bonchev–Trinajstić information content (AvgIpc) is 1.54. The van der Waals surface area contributed by atoms with Crippen LogP contribution >= 0.6 is 0 Å². The first-order valence-corrected chi connectivity index (χ1v) is 33.6. The van der Waals surface area contributed by atoms with Gasteiger partial charge in [0.1, 0.15) is 11.3 Å². The monoisotopic (exact) mass is 1150 g/mol. The van der Waals surface area contributed by atoms with E-state index >= 15 is 0 Å². The van der Waals surface area contributed by atoms with Gasteiger partial charge in [-0.05, 0) is 203 Å². The predicted octanol–water partition coefficient (Wildman–Crippen LogP) is 20.3. The highest BCUT2D eigenvalue weighted by atomic mass is 15.2. The van der Waals surface area contributed by atoms with Gasteiger partial charge in [-0.15, -0.1) is 0 Å². The summed E-state index contributed by atoms with van der Waals surface area (Å²) in [6.45, 7) is 14.8. The molecule has 4 unspecified atom stereocenters. The summed E-state index contributed by atoms with van der Waals surface area (Å²) in [6.07, 6.45) is 12.2. The van der Waals surface area contributed by atoms with Crippen molar-refractivity contribution in [1.82, 2.24) is 17.9 Å². The topological polar surface area (TPSA) is 18.7 Å². The molecule has 89 heavy (non-hydrogen) atoms. The molecule has 10 aromatic carbocycles. The van der Waals surface area contributed by atoms with Crippen LogP contribution in [0.2, 0.25) is 0 Å². The first kappa shape index (κ1) is 53.0. The number of benzene rings is 10. The summed E-state index contributed by atoms with van der Waals surface area (Å²) in [5, 5.41) is 2.65. The second-order valence-electron chi connectivity index (χ2n) is 27.5. The number of rotatable bonds is 15. The average molecular weight is 1150 g/mol. The maximum absolute atomic E-state index is 2.64. The second kappa shape index (κ2) is 19.7. The van der Waals surface area contributed by atoms with E-state index in [0.717, 1.165) is 12.8 Å². The van der Waals surface area contributed by atoms with Gasteiger partial charge in [0, 0.05) is 22.2 Å². The van der Waals surface area contributed by atoms with Gasteiger partial charge in [0.25, 0.3) is 6.71 Å². The Labute approximate surface area is 523 Å². The van der Waals surface area contributed by atoms with Crippen molar-refractivity contribution >= 4 is 78.3 Å². The molecule has 18 rings (SSSR count). The van der Waals surface area contributed by atoms with Crippen molar-refractivity contribution in [2.24, 2.45) is 11.8 Å². The lowest BCUT2D eigenvalue weighted by atomic mass is 9.34. The molecular formula is C84H75BN4. The van der Waals surface area contributed by atoms with Crippen molar-refractivity contribution < 1.29 is 0 Å². The number of unbranched alkanes of at least 4 members (excludes halogenated alkanes) is 2. The van der Waals surface area contributed by atoms with Gasteiger partial charge in [-0.3, -0.25) is 17.9 Å². The molecule has 0 N–H and O–H groups in total. The largest absolute Gasteiger partial charge is 0.295 e. The van der Waals surface area contributed by atoms with Crippen molar-refractivity contribution in [3.05, 3.63) is 235 Å². The maximum Gasteiger partial charge on any atom is 0.258 e. The summed E-state index contributed by atoms with van der Waals surface area (Å²) in [7, 11) is 0. The van der Waals surface area contributed by atoms with Gasteiger partial charge in [0.15, 0.2) is 0 Å². The first-order chi connectivity index (χ1) is 43.7. The zero-order valence-corrected chi connectivity index (χ0v) is 52.3. The third-order valence-corrected chi connectivity index (χ3v) is 22.7. The molecule has 0 saturated heterocycles. The standard InChI is InChI=1S/C84H75BN4/c1-7-11-24-52(9-3)50-83(5)66-44-55(54-26-14-13-15-27-54)36-40-60(66)61-41-37-56(45-67(61)83)57-38-42-62-63-43-39-58(47-69(63)84(6,68(62)46-57)51-53(10-4)25-12-8-2)59-48-76-80-77(49-59)89-75-35-23-21-33-73(75)87-71-31-19-17-29-65(71)79(82(87)89)85(80)78-64-28-16-18-30-70(64)86-72-32-20-22-34-74(72)88(76)81(78)86/h13-23,26-49,52-53H,7-12,24-25,50-51H2,1-6H3. The van der Waals surface area contributed by atoms with Gasteiger partial charge in [-0.1, -0.05) is 232 Å². The Morgan fingerprint density at radius 2 is 0.708 bits per heavy atom. The van der Waals surface area contributed by atoms with Crippen LogP contribution in [0.5, 0.6) is 0 Å². The van der Waals surface area contributed by atoms with Crippen molar-refractivity contribution in [2.75, 3.05) is 0 Å². The van der Waals surface area contributed by atoms with E-state index in [2.05, 4.69) is 272 Å². The Bertz CT molecular complexity index is 5100. The summed E-state index contributed by atoms with van der Waals surface area (Å²) in [4.78, 5) is 0. The van der Waals surface area contributed by atoms with Crippen LogP contribution in [-0.2, 0) is 10.8 Å². The van der Waals surface area contributed by atoms with E-state index in [1.165, 1.54) is 212 Å². The zero-order valence-electron chi connectivity index (χ0n) is 52.3. The van der Waals surface area contributed by atoms with E-state index in [1.54, 1.807) is 0 Å². The molecule has 4 aromatic heterocycles. The van der Waals surface area contributed by atoms with Crippen LogP contribution in [0.1, 0.15) is 128 Å². The third kappa shape index (κ3) is 7.31. The molecule has 0 spiro atoms. The van der Waals surface area contributed by atoms with Gasteiger partial charge in [-0.2, -0.15) is 0 Å². The molecule has 6 heterocycles. The normalized spacial score (nSPS) is 17.3. The van der Waals surface area contributed by atoms with Gasteiger partial charge >= 0.3 is 0 Å². The predicted molar refractivity (Wildman–Crippen MR) is 378 cm³/mol. The Kier molecular flexibility index (Phi) is 11.7. The van der Waals surface area contributed by atoms with E-state index < -0.39 is 0 Å². The molecule has 5 heteroatoms. The highest BCUT2D eigenvalue weighted by Gasteiger charge is 2.47. The molecule has 0 amide bonds. The second-order valence-corrected chi connectivity index (χ2v) is 27.5. The van der Waals surface area contributed by atoms with Gasteiger partial charge in [-0.25, -0.2) is 0 Å². The molecule has 4 atom stereocenters. The zero-order chi connectivity index (χ0) is 59.6. The van der Waals surface area contributed by atoms with Crippen LogP contribution in [0.15, 0.2) is 212 Å². The molecule has 0 radical (unpaired) electrons. The van der Waals surface area contributed by atoms with E-state index in [-0.39, 0.29) is 17.5 Å². The molecule has 4 nitrogen and oxygen atoms in total. The molecule has 434 valence electrons. The molecule has 2 aliphatic carbocycles. The summed E-state index contributed by atoms with van der Waals surface area (Å²) in [5.41, 5.74) is 35.7. The summed E-state index contributed by atoms with van der Waals surface area (Å²) in [5.74, 6) is 1.26. The van der Waals surface area contributed by atoms with Crippen LogP contribution in [-0.4, -0.2) is 24.6 Å². The molecule has 0 saturated carbocycles. The molecule has 2 aliphatic heterocycles. The van der Waals surface area contributed by atoms with Gasteiger partial charge in [0.05, 0.1) is 33.1 Å². The quantitative estimate of drug-likeness (QED) is 0.0911. The lowest BCUT2D eigenvalue weighted by Crippen LogP contribution is -2.59. The molecule has 0 bridgehead atoms. The van der Waals surface area contributed by atoms with Crippen molar-refractivity contribution in [2.45, 2.75) is 117 Å². The Morgan fingerprint density at radius 3 is 1.11 bits per heavy atom. The minimum absolute atomic E-state index is 0.00913. The number of imidazole rings is 2. The lowest BCUT2D eigenvalue weighted by molar-refractivity contribution is 0.348. The highest BCUT2D eigenvalue weighted by Crippen LogP contribution is 2.57. The number of hydrogen-bond acceptors (Lipinski definition) is 0. The summed E-state index contributed by atoms with van der Waals surface area (Å²) in [6, 6.07) is 82.8. The number of nitrogens with zero attached hydrogens (tertiary/aromatic N) is 4. The smallest absolute Gasteiger partial charge is 0.258 e. The fourth-order valence-corrected chi connectivity index (χ4v) is 18.4. The van der Waals surface area contributed by atoms with Gasteiger partial charge < -0.3 is 0 Å². The van der Waals surface area contributed by atoms with Crippen molar-refractivity contribution in [3.8, 4) is 67.0 Å². The fraction of sp³-hybridized carbons (Fsp3) is 0.238. The SMILES string of the molecule is CCCCC(CC)CC1(C)c2cc(-c3ccccc3)ccc2-c2ccc(-c3ccc4c(c3)C(C)(CC(CC)CCCC)c3cc(-c5cc6c7c(c5)-n5c8ccccc8n8c9ccccc9c(c58)B7c5c7ccccc7n7c8ccccc8n-6c57)ccc3-4)cc21. The van der Waals surface area contributed by atoms with E-state index in [0.29, 0.717) is 11.8 Å². The van der Waals surface area contributed by atoms with Crippen molar-refractivity contribution in [3.63, 3.8) is 0 Å². The minimum atomic E-state index is -0.213. The molecule has 4 aliphatic rings. The number of para-hydroxylation sites is 6.